The standard InChI is InChI=1S/C14H24N4O/c1-3-11(10-7-5-4-6-8-10)16-14(19)12-9(2)17-18-13(12)15/h10-11H,3-8H2,1-2H3,(H,16,19)(H3,15,17,18). The number of hydrogen-bond donors (Lipinski definition) is 3. The van der Waals surface area contributed by atoms with Crippen LogP contribution in [-0.2, 0) is 0 Å². The molecule has 0 saturated heterocycles. The van der Waals surface area contributed by atoms with Gasteiger partial charge in [-0.3, -0.25) is 9.89 Å². The lowest BCUT2D eigenvalue weighted by Gasteiger charge is -2.30. The molecule has 1 atom stereocenters. The Kier molecular flexibility index (Phi) is 4.45. The summed E-state index contributed by atoms with van der Waals surface area (Å²) in [5, 5.41) is 9.77. The number of aromatic amines is 1. The fraction of sp³-hybridized carbons (Fsp3) is 0.714. The van der Waals surface area contributed by atoms with Crippen molar-refractivity contribution in [1.29, 1.82) is 0 Å². The zero-order valence-electron chi connectivity index (χ0n) is 11.8. The second kappa shape index (κ2) is 6.08. The maximum absolute atomic E-state index is 12.3. The van der Waals surface area contributed by atoms with Crippen LogP contribution < -0.4 is 11.1 Å². The van der Waals surface area contributed by atoms with Crippen molar-refractivity contribution in [2.24, 2.45) is 5.92 Å². The van der Waals surface area contributed by atoms with E-state index in [9.17, 15) is 4.79 Å². The van der Waals surface area contributed by atoms with Gasteiger partial charge in [0.05, 0.1) is 0 Å². The van der Waals surface area contributed by atoms with Crippen LogP contribution >= 0.6 is 0 Å². The minimum absolute atomic E-state index is 0.0961. The van der Waals surface area contributed by atoms with Gasteiger partial charge in [-0.1, -0.05) is 26.2 Å². The van der Waals surface area contributed by atoms with Gasteiger partial charge in [0.25, 0.3) is 5.91 Å². The number of H-pyrrole nitrogens is 1. The van der Waals surface area contributed by atoms with Crippen molar-refractivity contribution in [1.82, 2.24) is 15.5 Å². The molecule has 0 radical (unpaired) electrons. The van der Waals surface area contributed by atoms with Gasteiger partial charge in [-0.15, -0.1) is 0 Å². The lowest BCUT2D eigenvalue weighted by atomic mass is 9.83. The number of nitrogens with two attached hydrogens (primary N) is 1. The number of nitrogen functional groups attached to an aromatic ring is 1. The van der Waals surface area contributed by atoms with Crippen molar-refractivity contribution in [3.8, 4) is 0 Å². The molecule has 1 fully saturated rings. The van der Waals surface area contributed by atoms with E-state index >= 15 is 0 Å². The van der Waals surface area contributed by atoms with E-state index in [-0.39, 0.29) is 17.8 Å². The lowest BCUT2D eigenvalue weighted by Crippen LogP contribution is -2.41. The van der Waals surface area contributed by atoms with Crippen molar-refractivity contribution in [3.05, 3.63) is 11.3 Å². The molecule has 5 heteroatoms. The molecule has 1 saturated carbocycles. The third kappa shape index (κ3) is 3.08. The number of anilines is 1. The zero-order chi connectivity index (χ0) is 13.8. The van der Waals surface area contributed by atoms with Crippen molar-refractivity contribution in [3.63, 3.8) is 0 Å². The fourth-order valence-corrected chi connectivity index (χ4v) is 3.06. The van der Waals surface area contributed by atoms with Gasteiger partial charge in [0.1, 0.15) is 5.56 Å². The minimum Gasteiger partial charge on any atom is -0.382 e. The summed E-state index contributed by atoms with van der Waals surface area (Å²) < 4.78 is 0. The van der Waals surface area contributed by atoms with Crippen LogP contribution in [0.1, 0.15) is 61.5 Å². The van der Waals surface area contributed by atoms with E-state index in [1.54, 1.807) is 0 Å². The van der Waals surface area contributed by atoms with Crippen LogP contribution in [-0.4, -0.2) is 22.1 Å². The van der Waals surface area contributed by atoms with E-state index < -0.39 is 0 Å². The number of carbonyl (C=O) groups excluding carboxylic acids is 1. The van der Waals surface area contributed by atoms with E-state index in [1.165, 1.54) is 32.1 Å². The van der Waals surface area contributed by atoms with Crippen molar-refractivity contribution < 1.29 is 4.79 Å². The van der Waals surface area contributed by atoms with Crippen LogP contribution in [0.15, 0.2) is 0 Å². The second-order valence-electron chi connectivity index (χ2n) is 5.50. The maximum Gasteiger partial charge on any atom is 0.257 e. The predicted molar refractivity (Wildman–Crippen MR) is 75.9 cm³/mol. The molecule has 0 aromatic carbocycles. The first-order chi connectivity index (χ1) is 9.13. The Hall–Kier alpha value is -1.52. The highest BCUT2D eigenvalue weighted by atomic mass is 16.1. The first-order valence-corrected chi connectivity index (χ1v) is 7.24. The molecule has 19 heavy (non-hydrogen) atoms. The summed E-state index contributed by atoms with van der Waals surface area (Å²) in [5.41, 5.74) is 6.96. The van der Waals surface area contributed by atoms with Crippen LogP contribution in [0.4, 0.5) is 5.82 Å². The van der Waals surface area contributed by atoms with Crippen LogP contribution in [0.3, 0.4) is 0 Å². The molecule has 1 unspecified atom stereocenters. The number of nitrogens with zero attached hydrogens (tertiary/aromatic N) is 1. The summed E-state index contributed by atoms with van der Waals surface area (Å²) >= 11 is 0. The zero-order valence-corrected chi connectivity index (χ0v) is 11.8. The summed E-state index contributed by atoms with van der Waals surface area (Å²) in [7, 11) is 0. The van der Waals surface area contributed by atoms with Gasteiger partial charge in [0.15, 0.2) is 5.82 Å². The predicted octanol–water partition coefficient (Wildman–Crippen LogP) is 2.39. The summed E-state index contributed by atoms with van der Waals surface area (Å²) in [5.74, 6) is 0.797. The molecule has 1 aromatic rings. The normalized spacial score (nSPS) is 18.2. The van der Waals surface area contributed by atoms with E-state index in [0.717, 1.165) is 12.1 Å². The Morgan fingerprint density at radius 2 is 2.16 bits per heavy atom. The van der Waals surface area contributed by atoms with Crippen LogP contribution in [0.5, 0.6) is 0 Å². The molecular weight excluding hydrogens is 240 g/mol. The fourth-order valence-electron chi connectivity index (χ4n) is 3.06. The molecule has 2 rings (SSSR count). The number of nitrogens with one attached hydrogen (secondary N) is 2. The monoisotopic (exact) mass is 264 g/mol. The highest BCUT2D eigenvalue weighted by molar-refractivity contribution is 5.99. The topological polar surface area (TPSA) is 83.8 Å². The summed E-state index contributed by atoms with van der Waals surface area (Å²) in [6.07, 6.45) is 7.30. The number of hydrogen-bond acceptors (Lipinski definition) is 3. The average molecular weight is 264 g/mol. The van der Waals surface area contributed by atoms with Crippen LogP contribution in [0.2, 0.25) is 0 Å². The molecule has 0 spiro atoms. The van der Waals surface area contributed by atoms with Gasteiger partial charge < -0.3 is 11.1 Å². The Bertz CT molecular complexity index is 415. The van der Waals surface area contributed by atoms with E-state index in [2.05, 4.69) is 22.4 Å². The number of rotatable bonds is 4. The molecule has 1 aliphatic rings. The van der Waals surface area contributed by atoms with E-state index in [4.69, 9.17) is 5.73 Å². The molecule has 1 heterocycles. The summed E-state index contributed by atoms with van der Waals surface area (Å²) in [6, 6.07) is 0.251. The summed E-state index contributed by atoms with van der Waals surface area (Å²) in [6.45, 7) is 3.95. The van der Waals surface area contributed by atoms with Gasteiger partial charge in [0.2, 0.25) is 0 Å². The lowest BCUT2D eigenvalue weighted by molar-refractivity contribution is 0.0911. The largest absolute Gasteiger partial charge is 0.382 e. The molecule has 5 nitrogen and oxygen atoms in total. The van der Waals surface area contributed by atoms with Crippen molar-refractivity contribution >= 4 is 11.7 Å². The Morgan fingerprint density at radius 3 is 2.68 bits per heavy atom. The van der Waals surface area contributed by atoms with E-state index in [0.29, 0.717) is 11.5 Å². The highest BCUT2D eigenvalue weighted by Crippen LogP contribution is 2.28. The smallest absolute Gasteiger partial charge is 0.257 e. The summed E-state index contributed by atoms with van der Waals surface area (Å²) in [4.78, 5) is 12.3. The van der Waals surface area contributed by atoms with Crippen molar-refractivity contribution in [2.75, 3.05) is 5.73 Å². The molecule has 0 bridgehead atoms. The second-order valence-corrected chi connectivity index (χ2v) is 5.50. The van der Waals surface area contributed by atoms with E-state index in [1.807, 2.05) is 6.92 Å². The molecule has 106 valence electrons. The molecule has 4 N–H and O–H groups in total. The highest BCUT2D eigenvalue weighted by Gasteiger charge is 2.25. The third-order valence-corrected chi connectivity index (χ3v) is 4.18. The Balaban J connectivity index is 2.03. The molecule has 1 aliphatic carbocycles. The SMILES string of the molecule is CCC(NC(=O)c1c(N)n[nH]c1C)C1CCCCC1. The van der Waals surface area contributed by atoms with Crippen molar-refractivity contribution in [2.45, 2.75) is 58.4 Å². The quantitative estimate of drug-likeness (QED) is 0.780. The number of aromatic nitrogens is 2. The van der Waals surface area contributed by atoms with Gasteiger partial charge in [-0.25, -0.2) is 0 Å². The van der Waals surface area contributed by atoms with Gasteiger partial charge in [-0.2, -0.15) is 5.10 Å². The molecule has 0 aliphatic heterocycles. The van der Waals surface area contributed by atoms with Gasteiger partial charge in [-0.05, 0) is 32.1 Å². The third-order valence-electron chi connectivity index (χ3n) is 4.18. The first kappa shape index (κ1) is 13.9. The van der Waals surface area contributed by atoms with Crippen LogP contribution in [0.25, 0.3) is 0 Å². The minimum atomic E-state index is -0.0961. The maximum atomic E-state index is 12.3. The average Bonchev–Trinajstić information content (AvgIpc) is 2.76. The number of aryl methyl sites for hydroxylation is 1. The molecule has 1 amide bonds. The molecular formula is C14H24N4O. The van der Waals surface area contributed by atoms with Gasteiger partial charge >= 0.3 is 0 Å². The Morgan fingerprint density at radius 1 is 1.47 bits per heavy atom. The van der Waals surface area contributed by atoms with Crippen LogP contribution in [0, 0.1) is 12.8 Å². The molecule has 1 aromatic heterocycles. The number of carbonyl (C=O) groups is 1. The Labute approximate surface area is 114 Å². The van der Waals surface area contributed by atoms with Gasteiger partial charge in [0, 0.05) is 11.7 Å². The first-order valence-electron chi connectivity index (χ1n) is 7.24. The number of amides is 1.